The van der Waals surface area contributed by atoms with Crippen molar-refractivity contribution in [3.8, 4) is 5.75 Å². The molecular formula is C19H31N3O6S. The average Bonchev–Trinajstić information content (AvgIpc) is 2.65. The van der Waals surface area contributed by atoms with Crippen LogP contribution in [0.5, 0.6) is 5.75 Å². The lowest BCUT2D eigenvalue weighted by Crippen LogP contribution is -2.51. The van der Waals surface area contributed by atoms with Gasteiger partial charge in [-0.2, -0.15) is 0 Å². The zero-order chi connectivity index (χ0) is 21.9. The maximum absolute atomic E-state index is 11.9. The first kappa shape index (κ1) is 25.0. The Morgan fingerprint density at radius 3 is 2.79 bits per heavy atom. The van der Waals surface area contributed by atoms with Gasteiger partial charge in [0.15, 0.2) is 0 Å². The number of unbranched alkanes of at least 4 members (excludes halogenated alkanes) is 1. The Hall–Kier alpha value is -2.04. The number of ether oxygens (including phenoxy) is 1. The van der Waals surface area contributed by atoms with Crippen LogP contribution in [0.4, 0.5) is 0 Å². The number of amides is 1. The van der Waals surface area contributed by atoms with Crippen molar-refractivity contribution >= 4 is 18.5 Å². The van der Waals surface area contributed by atoms with Gasteiger partial charge in [0.2, 0.25) is 5.91 Å². The van der Waals surface area contributed by atoms with Crippen LogP contribution in [0.2, 0.25) is 0 Å². The van der Waals surface area contributed by atoms with Gasteiger partial charge in [0, 0.05) is 35.5 Å². The summed E-state index contributed by atoms with van der Waals surface area (Å²) >= 11 is 4.35. The first-order valence-electron chi connectivity index (χ1n) is 9.49. The van der Waals surface area contributed by atoms with Crippen molar-refractivity contribution in [1.29, 1.82) is 0 Å². The molecule has 164 valence electrons. The molecule has 0 aromatic heterocycles. The van der Waals surface area contributed by atoms with Crippen LogP contribution >= 0.6 is 12.6 Å². The van der Waals surface area contributed by atoms with Gasteiger partial charge in [0.05, 0.1) is 6.61 Å². The van der Waals surface area contributed by atoms with Crippen LogP contribution in [0.3, 0.4) is 0 Å². The first-order chi connectivity index (χ1) is 13.6. The molecule has 0 radical (unpaired) electrons. The molecule has 0 aliphatic carbocycles. The third-order valence-corrected chi connectivity index (χ3v) is 4.71. The zero-order valence-electron chi connectivity index (χ0n) is 17.1. The number of carbonyl (C=O) groups excluding carboxylic acids is 1. The van der Waals surface area contributed by atoms with Crippen LogP contribution in [-0.4, -0.2) is 54.0 Å². The van der Waals surface area contributed by atoms with Gasteiger partial charge < -0.3 is 25.3 Å². The lowest BCUT2D eigenvalue weighted by atomic mass is 10.1. The third-order valence-electron chi connectivity index (χ3n) is 4.23. The van der Waals surface area contributed by atoms with Gasteiger partial charge in [0.25, 0.3) is 5.09 Å². The summed E-state index contributed by atoms with van der Waals surface area (Å²) in [6, 6.07) is 5.55. The van der Waals surface area contributed by atoms with Gasteiger partial charge in [-0.05, 0) is 45.7 Å². The molecule has 3 N–H and O–H groups in total. The monoisotopic (exact) mass is 429 g/mol. The highest BCUT2D eigenvalue weighted by atomic mass is 32.1. The van der Waals surface area contributed by atoms with E-state index < -0.39 is 16.7 Å². The Morgan fingerprint density at radius 1 is 1.38 bits per heavy atom. The van der Waals surface area contributed by atoms with E-state index in [0.717, 1.165) is 10.5 Å². The lowest BCUT2D eigenvalue weighted by Gasteiger charge is -2.28. The number of β-amino-alcohol motifs (C(OH)–C–C–N with tert-alkyl or cyclic N) is 1. The Labute approximate surface area is 176 Å². The SMILES string of the molecule is Cc1c(S)cccc1OCC(O)CNC(C)(C)CNC(=O)CCCCO[N+](=O)[O-]. The van der Waals surface area contributed by atoms with Crippen molar-refractivity contribution in [2.24, 2.45) is 0 Å². The van der Waals surface area contributed by atoms with Crippen LogP contribution in [0.1, 0.15) is 38.7 Å². The summed E-state index contributed by atoms with van der Waals surface area (Å²) in [5, 5.41) is 25.4. The number of thiol groups is 1. The van der Waals surface area contributed by atoms with Crippen molar-refractivity contribution in [1.82, 2.24) is 10.6 Å². The van der Waals surface area contributed by atoms with E-state index in [1.54, 1.807) is 0 Å². The van der Waals surface area contributed by atoms with E-state index in [4.69, 9.17) is 4.74 Å². The Kier molecular flexibility index (Phi) is 10.8. The molecule has 0 fully saturated rings. The molecule has 0 spiro atoms. The largest absolute Gasteiger partial charge is 0.491 e. The number of benzene rings is 1. The van der Waals surface area contributed by atoms with E-state index in [0.29, 0.717) is 31.7 Å². The molecule has 9 nitrogen and oxygen atoms in total. The molecule has 1 rings (SSSR count). The molecule has 29 heavy (non-hydrogen) atoms. The van der Waals surface area contributed by atoms with Crippen LogP contribution in [0.25, 0.3) is 0 Å². The van der Waals surface area contributed by atoms with Crippen LogP contribution in [0, 0.1) is 17.0 Å². The Bertz CT molecular complexity index is 671. The minimum atomic E-state index is -0.841. The second-order valence-corrected chi connectivity index (χ2v) is 7.90. The van der Waals surface area contributed by atoms with Gasteiger partial charge >= 0.3 is 0 Å². The molecule has 0 saturated heterocycles. The molecule has 0 bridgehead atoms. The van der Waals surface area contributed by atoms with E-state index in [1.165, 1.54) is 0 Å². The minimum Gasteiger partial charge on any atom is -0.491 e. The molecular weight excluding hydrogens is 398 g/mol. The van der Waals surface area contributed by atoms with Crippen molar-refractivity contribution in [2.75, 3.05) is 26.3 Å². The second kappa shape index (κ2) is 12.5. The summed E-state index contributed by atoms with van der Waals surface area (Å²) in [6.07, 6.45) is 0.514. The molecule has 1 aromatic carbocycles. The number of hydrogen-bond acceptors (Lipinski definition) is 8. The molecule has 10 heteroatoms. The fourth-order valence-electron chi connectivity index (χ4n) is 2.40. The summed E-state index contributed by atoms with van der Waals surface area (Å²) in [6.45, 7) is 6.56. The van der Waals surface area contributed by atoms with Gasteiger partial charge in [-0.3, -0.25) is 4.79 Å². The number of rotatable bonds is 14. The molecule has 1 atom stereocenters. The molecule has 0 aliphatic rings. The molecule has 0 heterocycles. The Morgan fingerprint density at radius 2 is 2.10 bits per heavy atom. The summed E-state index contributed by atoms with van der Waals surface area (Å²) < 4.78 is 5.66. The van der Waals surface area contributed by atoms with Gasteiger partial charge in [-0.15, -0.1) is 22.7 Å². The van der Waals surface area contributed by atoms with Gasteiger partial charge in [-0.25, -0.2) is 0 Å². The number of hydrogen-bond donors (Lipinski definition) is 4. The van der Waals surface area contributed by atoms with E-state index in [-0.39, 0.29) is 25.5 Å². The average molecular weight is 430 g/mol. The van der Waals surface area contributed by atoms with Crippen LogP contribution in [-0.2, 0) is 9.63 Å². The highest BCUT2D eigenvalue weighted by Crippen LogP contribution is 2.23. The predicted molar refractivity (Wildman–Crippen MR) is 112 cm³/mol. The fourth-order valence-corrected chi connectivity index (χ4v) is 2.59. The van der Waals surface area contributed by atoms with Gasteiger partial charge in [-0.1, -0.05) is 6.07 Å². The molecule has 1 amide bonds. The lowest BCUT2D eigenvalue weighted by molar-refractivity contribution is -0.757. The molecule has 0 aliphatic heterocycles. The van der Waals surface area contributed by atoms with Crippen molar-refractivity contribution in [3.63, 3.8) is 0 Å². The standard InChI is InChI=1S/C19H31N3O6S/c1-14-16(7-6-8-17(14)29)27-12-15(23)11-21-19(2,3)13-20-18(24)9-4-5-10-28-22(25)26/h6-8,15,21,23,29H,4-5,9-13H2,1-3H3,(H,20,24). The van der Waals surface area contributed by atoms with E-state index in [2.05, 4.69) is 28.1 Å². The molecule has 1 aromatic rings. The number of carbonyl (C=O) groups is 1. The maximum atomic E-state index is 11.9. The van der Waals surface area contributed by atoms with Gasteiger partial charge in [0.1, 0.15) is 18.5 Å². The number of nitrogens with one attached hydrogen (secondary N) is 2. The third kappa shape index (κ3) is 10.9. The smallest absolute Gasteiger partial charge is 0.294 e. The summed E-state index contributed by atoms with van der Waals surface area (Å²) in [5.41, 5.74) is 0.496. The van der Waals surface area contributed by atoms with Crippen molar-refractivity contribution < 1.29 is 24.6 Å². The van der Waals surface area contributed by atoms with Crippen LogP contribution < -0.4 is 15.4 Å². The maximum Gasteiger partial charge on any atom is 0.294 e. The Balaban J connectivity index is 2.23. The van der Waals surface area contributed by atoms with Crippen LogP contribution in [0.15, 0.2) is 23.1 Å². The second-order valence-electron chi connectivity index (χ2n) is 7.42. The quantitative estimate of drug-likeness (QED) is 0.154. The topological polar surface area (TPSA) is 123 Å². The highest BCUT2D eigenvalue weighted by molar-refractivity contribution is 7.80. The van der Waals surface area contributed by atoms with E-state index in [9.17, 15) is 20.0 Å². The van der Waals surface area contributed by atoms with E-state index in [1.807, 2.05) is 39.0 Å². The first-order valence-corrected chi connectivity index (χ1v) is 9.94. The summed E-state index contributed by atoms with van der Waals surface area (Å²) in [5.74, 6) is 0.554. The number of nitrogens with zero attached hydrogens (tertiary/aromatic N) is 1. The number of aliphatic hydroxyl groups excluding tert-OH is 1. The normalized spacial score (nSPS) is 12.3. The highest BCUT2D eigenvalue weighted by Gasteiger charge is 2.20. The molecule has 1 unspecified atom stereocenters. The summed E-state index contributed by atoms with van der Waals surface area (Å²) in [4.78, 5) is 26.9. The number of aliphatic hydroxyl groups is 1. The molecule has 0 saturated carbocycles. The zero-order valence-corrected chi connectivity index (χ0v) is 18.0. The van der Waals surface area contributed by atoms with E-state index >= 15 is 0 Å². The minimum absolute atomic E-state index is 0.00883. The fraction of sp³-hybridized carbons (Fsp3) is 0.632. The summed E-state index contributed by atoms with van der Waals surface area (Å²) in [7, 11) is 0. The van der Waals surface area contributed by atoms with Crippen molar-refractivity contribution in [3.05, 3.63) is 33.9 Å². The van der Waals surface area contributed by atoms with Crippen molar-refractivity contribution in [2.45, 2.75) is 56.6 Å². The predicted octanol–water partition coefficient (Wildman–Crippen LogP) is 1.89.